The van der Waals surface area contributed by atoms with Crippen molar-refractivity contribution in [2.75, 3.05) is 25.6 Å². The molecule has 0 saturated carbocycles. The highest BCUT2D eigenvalue weighted by Gasteiger charge is 2.29. The molecule has 2 rings (SSSR count). The minimum absolute atomic E-state index is 0.0496. The zero-order valence-electron chi connectivity index (χ0n) is 12.7. The first-order valence-corrected chi connectivity index (χ1v) is 6.91. The molecular weight excluding hydrogens is 334 g/mol. The Labute approximate surface area is 134 Å². The molecule has 0 radical (unpaired) electrons. The number of methoxy groups -OCH3 is 1. The predicted octanol–water partition coefficient (Wildman–Crippen LogP) is 2.95. The van der Waals surface area contributed by atoms with Crippen LogP contribution in [0, 0.1) is 5.82 Å². The van der Waals surface area contributed by atoms with Gasteiger partial charge in [-0.05, 0) is 12.1 Å². The van der Waals surface area contributed by atoms with Crippen LogP contribution >= 0.6 is 0 Å². The Morgan fingerprint density at radius 3 is 2.79 bits per heavy atom. The van der Waals surface area contributed by atoms with E-state index in [0.717, 1.165) is 12.1 Å². The van der Waals surface area contributed by atoms with E-state index in [1.165, 1.54) is 6.07 Å². The number of ether oxygens (including phenoxy) is 2. The van der Waals surface area contributed by atoms with Crippen molar-refractivity contribution in [1.29, 1.82) is 0 Å². The lowest BCUT2D eigenvalue weighted by Gasteiger charge is -2.13. The molecule has 1 aromatic heterocycles. The minimum Gasteiger partial charge on any atom is -0.482 e. The fraction of sp³-hybridized carbons (Fsp3) is 0.429. The largest absolute Gasteiger partial charge is 0.482 e. The fourth-order valence-electron chi connectivity index (χ4n) is 1.75. The van der Waals surface area contributed by atoms with Crippen LogP contribution in [0.1, 0.15) is 11.7 Å². The quantitative estimate of drug-likeness (QED) is 0.739. The second-order valence-electron chi connectivity index (χ2n) is 4.75. The first kappa shape index (κ1) is 18.0. The van der Waals surface area contributed by atoms with Crippen LogP contribution < -0.4 is 10.1 Å². The second-order valence-corrected chi connectivity index (χ2v) is 4.75. The molecule has 1 N–H and O–H groups in total. The zero-order chi connectivity index (χ0) is 17.6. The van der Waals surface area contributed by atoms with Crippen LogP contribution in [0.2, 0.25) is 0 Å². The smallest absolute Gasteiger partial charge is 0.422 e. The molecule has 6 nitrogen and oxygen atoms in total. The molecule has 0 aliphatic rings. The van der Waals surface area contributed by atoms with Gasteiger partial charge in [0.2, 0.25) is 5.89 Å². The highest BCUT2D eigenvalue weighted by Crippen LogP contribution is 2.28. The molecule has 132 valence electrons. The molecule has 0 atom stereocenters. The first-order valence-electron chi connectivity index (χ1n) is 6.91. The molecule has 0 bridgehead atoms. The summed E-state index contributed by atoms with van der Waals surface area (Å²) in [6.45, 7) is -1.04. The van der Waals surface area contributed by atoms with Gasteiger partial charge in [-0.1, -0.05) is 5.16 Å². The van der Waals surface area contributed by atoms with Gasteiger partial charge in [0.1, 0.15) is 11.6 Å². The van der Waals surface area contributed by atoms with E-state index in [1.807, 2.05) is 0 Å². The number of nitrogens with zero attached hydrogens (tertiary/aromatic N) is 2. The van der Waals surface area contributed by atoms with Crippen LogP contribution in [0.4, 0.5) is 23.2 Å². The lowest BCUT2D eigenvalue weighted by Crippen LogP contribution is -2.19. The maximum Gasteiger partial charge on any atom is 0.422 e. The maximum atomic E-state index is 13.2. The third-order valence-corrected chi connectivity index (χ3v) is 2.81. The molecule has 0 spiro atoms. The Morgan fingerprint density at radius 1 is 1.29 bits per heavy atom. The molecule has 1 aromatic carbocycles. The van der Waals surface area contributed by atoms with Crippen molar-refractivity contribution in [3.05, 3.63) is 35.7 Å². The summed E-state index contributed by atoms with van der Waals surface area (Å²) in [5.74, 6) is -0.294. The van der Waals surface area contributed by atoms with Crippen molar-refractivity contribution in [1.82, 2.24) is 10.1 Å². The van der Waals surface area contributed by atoms with Gasteiger partial charge in [0, 0.05) is 19.6 Å². The summed E-state index contributed by atoms with van der Waals surface area (Å²) in [6.07, 6.45) is -4.05. The third-order valence-electron chi connectivity index (χ3n) is 2.81. The number of hydrogen-bond acceptors (Lipinski definition) is 6. The molecular formula is C14H15F4N3O3. The zero-order valence-corrected chi connectivity index (χ0v) is 12.7. The highest BCUT2D eigenvalue weighted by molar-refractivity contribution is 5.56. The standard InChI is InChI=1S/C14H15F4N3O3/c1-22-5-4-12-20-13(24-21-12)7-19-10-3-2-9(15)6-11(10)23-8-14(16,17)18/h2-3,6,19H,4-5,7-8H2,1H3. The summed E-state index contributed by atoms with van der Waals surface area (Å²) in [6, 6.07) is 3.23. The Balaban J connectivity index is 1.99. The summed E-state index contributed by atoms with van der Waals surface area (Å²) < 4.78 is 64.4. The number of aromatic nitrogens is 2. The van der Waals surface area contributed by atoms with E-state index in [0.29, 0.717) is 18.9 Å². The molecule has 2 aromatic rings. The SMILES string of the molecule is COCCc1noc(CNc2ccc(F)cc2OCC(F)(F)F)n1. The van der Waals surface area contributed by atoms with E-state index >= 15 is 0 Å². The molecule has 24 heavy (non-hydrogen) atoms. The molecule has 10 heteroatoms. The van der Waals surface area contributed by atoms with Crippen LogP contribution in [-0.2, 0) is 17.7 Å². The molecule has 0 saturated heterocycles. The van der Waals surface area contributed by atoms with Gasteiger partial charge in [-0.3, -0.25) is 0 Å². The van der Waals surface area contributed by atoms with Crippen molar-refractivity contribution < 1.29 is 31.6 Å². The van der Waals surface area contributed by atoms with Gasteiger partial charge in [-0.2, -0.15) is 18.2 Å². The second kappa shape index (κ2) is 7.95. The summed E-state index contributed by atoms with van der Waals surface area (Å²) in [7, 11) is 1.54. The van der Waals surface area contributed by atoms with Gasteiger partial charge < -0.3 is 19.3 Å². The number of hydrogen-bond donors (Lipinski definition) is 1. The van der Waals surface area contributed by atoms with E-state index in [-0.39, 0.29) is 23.9 Å². The van der Waals surface area contributed by atoms with E-state index in [2.05, 4.69) is 20.2 Å². The van der Waals surface area contributed by atoms with Crippen molar-refractivity contribution in [2.24, 2.45) is 0 Å². The number of benzene rings is 1. The maximum absolute atomic E-state index is 13.2. The van der Waals surface area contributed by atoms with E-state index in [1.54, 1.807) is 7.11 Å². The van der Waals surface area contributed by atoms with Crippen molar-refractivity contribution in [3.63, 3.8) is 0 Å². The number of alkyl halides is 3. The molecule has 0 fully saturated rings. The van der Waals surface area contributed by atoms with Crippen LogP contribution in [-0.4, -0.2) is 36.6 Å². The Hall–Kier alpha value is -2.36. The highest BCUT2D eigenvalue weighted by atomic mass is 19.4. The van der Waals surface area contributed by atoms with Crippen LogP contribution in [0.3, 0.4) is 0 Å². The fourth-order valence-corrected chi connectivity index (χ4v) is 1.75. The normalized spacial score (nSPS) is 11.5. The van der Waals surface area contributed by atoms with Crippen molar-refractivity contribution in [2.45, 2.75) is 19.1 Å². The molecule has 0 aliphatic heterocycles. The van der Waals surface area contributed by atoms with E-state index in [9.17, 15) is 17.6 Å². The number of nitrogens with one attached hydrogen (secondary N) is 1. The summed E-state index contributed by atoms with van der Waals surface area (Å²) in [5.41, 5.74) is 0.178. The van der Waals surface area contributed by atoms with Gasteiger partial charge in [0.05, 0.1) is 18.8 Å². The number of anilines is 1. The summed E-state index contributed by atoms with van der Waals surface area (Å²) >= 11 is 0. The van der Waals surface area contributed by atoms with Crippen molar-refractivity contribution in [3.8, 4) is 5.75 Å². The molecule has 0 amide bonds. The monoisotopic (exact) mass is 349 g/mol. The van der Waals surface area contributed by atoms with E-state index < -0.39 is 18.6 Å². The van der Waals surface area contributed by atoms with E-state index in [4.69, 9.17) is 9.26 Å². The number of rotatable bonds is 8. The van der Waals surface area contributed by atoms with Crippen LogP contribution in [0.5, 0.6) is 5.75 Å². The average molecular weight is 349 g/mol. The predicted molar refractivity (Wildman–Crippen MR) is 75.2 cm³/mol. The number of halogens is 4. The van der Waals surface area contributed by atoms with Gasteiger partial charge in [0.25, 0.3) is 0 Å². The molecule has 0 unspecified atom stereocenters. The molecule has 1 heterocycles. The molecule has 0 aliphatic carbocycles. The lowest BCUT2D eigenvalue weighted by atomic mass is 10.3. The Kier molecular flexibility index (Phi) is 5.96. The van der Waals surface area contributed by atoms with Gasteiger partial charge >= 0.3 is 6.18 Å². The average Bonchev–Trinajstić information content (AvgIpc) is 2.97. The Bertz CT molecular complexity index is 661. The van der Waals surface area contributed by atoms with Gasteiger partial charge in [-0.25, -0.2) is 4.39 Å². The summed E-state index contributed by atoms with van der Waals surface area (Å²) in [4.78, 5) is 4.08. The van der Waals surface area contributed by atoms with Crippen LogP contribution in [0.25, 0.3) is 0 Å². The van der Waals surface area contributed by atoms with Crippen molar-refractivity contribution >= 4 is 5.69 Å². The topological polar surface area (TPSA) is 69.4 Å². The third kappa shape index (κ3) is 5.69. The minimum atomic E-state index is -4.52. The van der Waals surface area contributed by atoms with Gasteiger partial charge in [-0.15, -0.1) is 0 Å². The summed E-state index contributed by atoms with van der Waals surface area (Å²) in [5, 5.41) is 6.50. The Morgan fingerprint density at radius 2 is 2.08 bits per heavy atom. The van der Waals surface area contributed by atoms with Gasteiger partial charge in [0.15, 0.2) is 12.4 Å². The van der Waals surface area contributed by atoms with Crippen LogP contribution in [0.15, 0.2) is 22.7 Å². The lowest BCUT2D eigenvalue weighted by molar-refractivity contribution is -0.153. The first-order chi connectivity index (χ1) is 11.4.